The molecule has 0 aliphatic carbocycles. The second kappa shape index (κ2) is 26.5. The number of hydrogen-bond acceptors (Lipinski definition) is 11. The van der Waals surface area contributed by atoms with Crippen molar-refractivity contribution >= 4 is 35.5 Å². The van der Waals surface area contributed by atoms with Crippen LogP contribution in [0.4, 0.5) is 0 Å². The Morgan fingerprint density at radius 3 is 2.05 bits per heavy atom. The maximum atomic E-state index is 14.4. The van der Waals surface area contributed by atoms with Crippen molar-refractivity contribution in [2.75, 3.05) is 55.1 Å². The molecule has 1 saturated heterocycles. The smallest absolute Gasteiger partial charge is 0.322 e. The monoisotopic (exact) mass is 874 g/mol. The maximum Gasteiger partial charge on any atom is 0.322 e. The highest BCUT2D eigenvalue weighted by Gasteiger charge is 2.43. The molecule has 0 spiro atoms. The molecule has 2 rings (SSSR count). The molecule has 0 bridgehead atoms. The number of nitrogens with two attached hydrogens (primary N) is 1. The number of ether oxygens (including phenoxy) is 3. The third-order valence-corrected chi connectivity index (χ3v) is 12.1. The zero-order valence-electron chi connectivity index (χ0n) is 39.8. The van der Waals surface area contributed by atoms with Crippen LogP contribution >= 0.6 is 0 Å². The van der Waals surface area contributed by atoms with Gasteiger partial charge in [-0.05, 0) is 63.6 Å². The molecule has 0 aromatic heterocycles. The summed E-state index contributed by atoms with van der Waals surface area (Å²) < 4.78 is 17.1. The van der Waals surface area contributed by atoms with Gasteiger partial charge in [-0.15, -0.1) is 0 Å². The van der Waals surface area contributed by atoms with Gasteiger partial charge in [-0.25, -0.2) is 0 Å². The van der Waals surface area contributed by atoms with Gasteiger partial charge in [-0.1, -0.05) is 85.2 Å². The van der Waals surface area contributed by atoms with E-state index in [1.807, 2.05) is 90.9 Å². The molecular weight excluding hydrogens is 795 g/mol. The normalized spacial score (nSPS) is 18.5. The van der Waals surface area contributed by atoms with Gasteiger partial charge in [0.05, 0.1) is 49.3 Å². The fourth-order valence-electron chi connectivity index (χ4n) is 8.48. The fraction of sp³-hybridized carbons (Fsp3) is 0.739. The van der Waals surface area contributed by atoms with Crippen LogP contribution in [0.15, 0.2) is 30.3 Å². The number of benzene rings is 1. The molecule has 5 amide bonds. The van der Waals surface area contributed by atoms with Gasteiger partial charge in [-0.2, -0.15) is 0 Å². The lowest BCUT2D eigenvalue weighted by molar-refractivity contribution is -0.148. The van der Waals surface area contributed by atoms with Crippen LogP contribution in [-0.4, -0.2) is 154 Å². The number of carbonyl (C=O) groups excluding carboxylic acids is 6. The van der Waals surface area contributed by atoms with Crippen molar-refractivity contribution in [1.29, 1.82) is 0 Å². The molecular formula is C46H79N7O9. The minimum atomic E-state index is -0.911. The van der Waals surface area contributed by atoms with Crippen LogP contribution in [0.3, 0.4) is 0 Å². The van der Waals surface area contributed by atoms with Crippen LogP contribution < -0.4 is 21.7 Å². The van der Waals surface area contributed by atoms with Crippen LogP contribution in [0.1, 0.15) is 93.1 Å². The number of hydrogen-bond donors (Lipinski definition) is 4. The van der Waals surface area contributed by atoms with Gasteiger partial charge in [-0.3, -0.25) is 33.7 Å². The standard InChI is InChI=1S/C46H79N7O9/c1-14-30(6)40(52(11)45(58)38(28(2)3)50-44(57)39(29(4)5)51(9)10)36(60-12)27-37(54)53-24-18-22-35(53)41(61-13)31(7)42(55)49-34(26-33-20-16-15-17-21-33)43(56)48-23-19-25-62-46(59)32(8)47/h15-17,20-21,28-32,34-36,38-41H,14,18-19,22-27,47H2,1-13H3,(H,48,56)(H,49,55)(H,50,57). The number of likely N-dealkylation sites (N-methyl/N-ethyl adjacent to an activating group) is 2. The zero-order chi connectivity index (χ0) is 46.8. The van der Waals surface area contributed by atoms with Crippen LogP contribution in [0.25, 0.3) is 0 Å². The lowest BCUT2D eigenvalue weighted by Crippen LogP contribution is -2.59. The van der Waals surface area contributed by atoms with E-state index in [1.54, 1.807) is 30.9 Å². The number of methoxy groups -OCH3 is 2. The van der Waals surface area contributed by atoms with Crippen molar-refractivity contribution < 1.29 is 43.0 Å². The third kappa shape index (κ3) is 15.6. The van der Waals surface area contributed by atoms with E-state index in [0.717, 1.165) is 5.56 Å². The average molecular weight is 874 g/mol. The molecule has 62 heavy (non-hydrogen) atoms. The minimum Gasteiger partial charge on any atom is -0.464 e. The lowest BCUT2D eigenvalue weighted by Gasteiger charge is -2.41. The predicted molar refractivity (Wildman–Crippen MR) is 240 cm³/mol. The number of likely N-dealkylation sites (tertiary alicyclic amines) is 1. The Kier molecular flexibility index (Phi) is 23.1. The average Bonchev–Trinajstić information content (AvgIpc) is 3.71. The summed E-state index contributed by atoms with van der Waals surface area (Å²) in [4.78, 5) is 86.6. The van der Waals surface area contributed by atoms with Crippen molar-refractivity contribution in [1.82, 2.24) is 30.7 Å². The van der Waals surface area contributed by atoms with Crippen LogP contribution in [-0.2, 0) is 49.4 Å². The second-order valence-corrected chi connectivity index (χ2v) is 17.8. The van der Waals surface area contributed by atoms with E-state index < -0.39 is 66.3 Å². The Morgan fingerprint density at radius 1 is 0.871 bits per heavy atom. The molecule has 1 aromatic rings. The molecule has 1 fully saturated rings. The number of amides is 5. The SMILES string of the molecule is CCC(C)C(C(CC(=O)N1CCCC1C(OC)C(C)C(=O)NC(Cc1ccccc1)C(=O)NCCCOC(=O)C(C)N)OC)N(C)C(=O)C(NC(=O)C(C(C)C)N(C)C)C(C)C. The summed E-state index contributed by atoms with van der Waals surface area (Å²) in [5.74, 6) is -2.95. The summed E-state index contributed by atoms with van der Waals surface area (Å²) in [6.45, 7) is 15.8. The van der Waals surface area contributed by atoms with Crippen molar-refractivity contribution in [2.45, 2.75) is 142 Å². The largest absolute Gasteiger partial charge is 0.464 e. The number of nitrogens with one attached hydrogen (secondary N) is 3. The number of esters is 1. The summed E-state index contributed by atoms with van der Waals surface area (Å²) in [6.07, 6.45) is 1.24. The molecule has 16 heteroatoms. The summed E-state index contributed by atoms with van der Waals surface area (Å²) in [7, 11) is 8.47. The highest BCUT2D eigenvalue weighted by molar-refractivity contribution is 5.91. The van der Waals surface area contributed by atoms with Crippen molar-refractivity contribution in [2.24, 2.45) is 29.4 Å². The van der Waals surface area contributed by atoms with Crippen LogP contribution in [0.5, 0.6) is 0 Å². The van der Waals surface area contributed by atoms with Crippen LogP contribution in [0.2, 0.25) is 0 Å². The Bertz CT molecular complexity index is 1570. The first-order valence-electron chi connectivity index (χ1n) is 22.3. The van der Waals surface area contributed by atoms with Crippen molar-refractivity contribution in [3.8, 4) is 0 Å². The van der Waals surface area contributed by atoms with E-state index in [2.05, 4.69) is 16.0 Å². The number of rotatable bonds is 26. The van der Waals surface area contributed by atoms with Crippen molar-refractivity contribution in [3.63, 3.8) is 0 Å². The van der Waals surface area contributed by atoms with E-state index >= 15 is 0 Å². The highest BCUT2D eigenvalue weighted by Crippen LogP contribution is 2.30. The third-order valence-electron chi connectivity index (χ3n) is 12.1. The van der Waals surface area contributed by atoms with Gasteiger partial charge in [0, 0.05) is 40.8 Å². The van der Waals surface area contributed by atoms with Crippen LogP contribution in [0, 0.1) is 23.7 Å². The number of nitrogens with zero attached hydrogens (tertiary/aromatic N) is 3. The fourth-order valence-corrected chi connectivity index (χ4v) is 8.48. The molecule has 16 nitrogen and oxygen atoms in total. The van der Waals surface area contributed by atoms with Gasteiger partial charge in [0.1, 0.15) is 18.1 Å². The molecule has 0 radical (unpaired) electrons. The Balaban J connectivity index is 2.27. The highest BCUT2D eigenvalue weighted by atomic mass is 16.5. The first kappa shape index (κ1) is 54.0. The minimum absolute atomic E-state index is 0.0187. The summed E-state index contributed by atoms with van der Waals surface area (Å²) in [5.41, 5.74) is 6.40. The van der Waals surface area contributed by atoms with E-state index in [1.165, 1.54) is 14.0 Å². The molecule has 1 aliphatic rings. The van der Waals surface area contributed by atoms with Gasteiger partial charge < -0.3 is 45.7 Å². The number of carbonyl (C=O) groups is 6. The van der Waals surface area contributed by atoms with Gasteiger partial charge >= 0.3 is 5.97 Å². The Labute approximate surface area is 371 Å². The maximum absolute atomic E-state index is 14.4. The van der Waals surface area contributed by atoms with Gasteiger partial charge in [0.15, 0.2) is 0 Å². The first-order valence-corrected chi connectivity index (χ1v) is 22.3. The molecule has 352 valence electrons. The topological polar surface area (TPSA) is 202 Å². The zero-order valence-corrected chi connectivity index (χ0v) is 39.8. The Morgan fingerprint density at radius 2 is 1.52 bits per heavy atom. The molecule has 1 heterocycles. The van der Waals surface area contributed by atoms with Gasteiger partial charge in [0.25, 0.3) is 0 Å². The lowest BCUT2D eigenvalue weighted by atomic mass is 9.89. The molecule has 1 aliphatic heterocycles. The molecule has 10 unspecified atom stereocenters. The molecule has 5 N–H and O–H groups in total. The second-order valence-electron chi connectivity index (χ2n) is 17.8. The van der Waals surface area contributed by atoms with E-state index in [-0.39, 0.29) is 67.4 Å². The molecule has 1 aromatic carbocycles. The first-order chi connectivity index (χ1) is 29.2. The van der Waals surface area contributed by atoms with Gasteiger partial charge in [0.2, 0.25) is 29.5 Å². The quantitative estimate of drug-likeness (QED) is 0.0788. The summed E-state index contributed by atoms with van der Waals surface area (Å²) >= 11 is 0. The summed E-state index contributed by atoms with van der Waals surface area (Å²) in [6, 6.07) is 5.57. The molecule has 0 saturated carbocycles. The predicted octanol–water partition coefficient (Wildman–Crippen LogP) is 2.76. The van der Waals surface area contributed by atoms with E-state index in [4.69, 9.17) is 19.9 Å². The summed E-state index contributed by atoms with van der Waals surface area (Å²) in [5, 5.41) is 8.82. The Hall–Kier alpha value is -4.12. The van der Waals surface area contributed by atoms with E-state index in [9.17, 15) is 28.8 Å². The van der Waals surface area contributed by atoms with E-state index in [0.29, 0.717) is 32.2 Å². The van der Waals surface area contributed by atoms with Crippen molar-refractivity contribution in [3.05, 3.63) is 35.9 Å². The molecule has 10 atom stereocenters.